The van der Waals surface area contributed by atoms with Crippen LogP contribution in [0.4, 0.5) is 5.82 Å². The van der Waals surface area contributed by atoms with E-state index in [-0.39, 0.29) is 22.9 Å². The van der Waals surface area contributed by atoms with Crippen LogP contribution in [0.15, 0.2) is 42.9 Å². The Bertz CT molecular complexity index is 558. The molecular weight excluding hydrogens is 342 g/mol. The van der Waals surface area contributed by atoms with E-state index in [1.54, 1.807) is 12.1 Å². The highest BCUT2D eigenvalue weighted by Gasteiger charge is 2.07. The molecule has 2 heterocycles. The zero-order valence-corrected chi connectivity index (χ0v) is 13.4. The molecule has 0 atom stereocenters. The molecule has 4 nitrogen and oxygen atoms in total. The van der Waals surface area contributed by atoms with Gasteiger partial charge in [0.1, 0.15) is 5.82 Å². The van der Waals surface area contributed by atoms with Crippen molar-refractivity contribution in [3.63, 3.8) is 0 Å². The molecule has 2 rings (SSSR count). The predicted octanol–water partition coefficient (Wildman–Crippen LogP) is -0.636. The molecule has 0 saturated carbocycles. The van der Waals surface area contributed by atoms with Crippen molar-refractivity contribution in [1.29, 1.82) is 0 Å². The summed E-state index contributed by atoms with van der Waals surface area (Å²) in [4.78, 5) is 15.8. The fourth-order valence-corrected chi connectivity index (χ4v) is 1.68. The lowest BCUT2D eigenvalue weighted by molar-refractivity contribution is -0.695. The number of nitrogens with zero attached hydrogens (tertiary/aromatic N) is 2. The molecule has 6 heteroatoms. The third-order valence-corrected chi connectivity index (χ3v) is 2.87. The third-order valence-electron chi connectivity index (χ3n) is 2.65. The molecule has 0 bridgehead atoms. The molecule has 1 amide bonds. The molecule has 0 aliphatic carbocycles. The van der Waals surface area contributed by atoms with Crippen LogP contribution in [0.25, 0.3) is 0 Å². The Labute approximate surface area is 133 Å². The number of aryl methyl sites for hydroxylation is 2. The first-order valence-corrected chi connectivity index (χ1v) is 6.38. The van der Waals surface area contributed by atoms with Crippen LogP contribution in [0.1, 0.15) is 12.0 Å². The summed E-state index contributed by atoms with van der Waals surface area (Å²) in [5.41, 5.74) is 1.20. The quantitative estimate of drug-likeness (QED) is 0.741. The van der Waals surface area contributed by atoms with Gasteiger partial charge in [-0.1, -0.05) is 11.6 Å². The van der Waals surface area contributed by atoms with E-state index in [9.17, 15) is 4.79 Å². The van der Waals surface area contributed by atoms with Gasteiger partial charge in [-0.15, -0.1) is 0 Å². The first-order chi connectivity index (χ1) is 9.13. The summed E-state index contributed by atoms with van der Waals surface area (Å²) in [5, 5.41) is 3.28. The predicted molar refractivity (Wildman–Crippen MR) is 73.9 cm³/mol. The highest BCUT2D eigenvalue weighted by molar-refractivity contribution is 6.30. The molecule has 20 heavy (non-hydrogen) atoms. The molecule has 0 radical (unpaired) electrons. The number of amides is 1. The Kier molecular flexibility index (Phi) is 6.61. The van der Waals surface area contributed by atoms with Crippen molar-refractivity contribution < 1.29 is 26.3 Å². The van der Waals surface area contributed by atoms with Gasteiger partial charge in [0.05, 0.1) is 11.4 Å². The van der Waals surface area contributed by atoms with E-state index in [0.717, 1.165) is 0 Å². The number of anilines is 1. The molecule has 0 saturated heterocycles. The van der Waals surface area contributed by atoms with Gasteiger partial charge in [-0.25, -0.2) is 9.55 Å². The van der Waals surface area contributed by atoms with E-state index in [4.69, 9.17) is 11.6 Å². The molecule has 0 spiro atoms. The molecule has 1 N–H and O–H groups in total. The summed E-state index contributed by atoms with van der Waals surface area (Å²) in [6, 6.07) is 7.40. The van der Waals surface area contributed by atoms with Crippen LogP contribution in [0, 0.1) is 6.92 Å². The molecule has 0 aromatic carbocycles. The van der Waals surface area contributed by atoms with E-state index in [0.29, 0.717) is 23.8 Å². The van der Waals surface area contributed by atoms with Crippen molar-refractivity contribution in [2.24, 2.45) is 0 Å². The maximum atomic E-state index is 11.7. The average molecular weight is 357 g/mol. The Morgan fingerprint density at radius 3 is 2.60 bits per heavy atom. The number of pyridine rings is 2. The molecular formula is C14H15BrClN3O. The summed E-state index contributed by atoms with van der Waals surface area (Å²) < 4.78 is 1.97. The van der Waals surface area contributed by atoms with Crippen LogP contribution in [-0.2, 0) is 11.3 Å². The monoisotopic (exact) mass is 355 g/mol. The van der Waals surface area contributed by atoms with Crippen molar-refractivity contribution in [3.05, 3.63) is 53.4 Å². The molecule has 2 aromatic heterocycles. The second kappa shape index (κ2) is 7.97. The summed E-state index contributed by atoms with van der Waals surface area (Å²) in [6.45, 7) is 2.67. The van der Waals surface area contributed by atoms with Crippen LogP contribution in [-0.4, -0.2) is 10.9 Å². The van der Waals surface area contributed by atoms with E-state index in [1.165, 1.54) is 11.8 Å². The standard InChI is InChI=1S/C14H14ClN3O.BrH/c1-11-4-7-18(8-5-11)9-6-14(19)17-13-3-2-12(15)10-16-13;/h2-5,7-8,10H,6,9H2,1H3;1H. The molecule has 0 fully saturated rings. The smallest absolute Gasteiger partial charge is 0.231 e. The van der Waals surface area contributed by atoms with Crippen molar-refractivity contribution in [1.82, 2.24) is 4.98 Å². The first kappa shape index (κ1) is 16.6. The molecule has 0 aliphatic heterocycles. The van der Waals surface area contributed by atoms with Gasteiger partial charge in [-0.2, -0.15) is 0 Å². The Hall–Kier alpha value is -1.46. The minimum atomic E-state index is -0.0668. The van der Waals surface area contributed by atoms with Gasteiger partial charge in [0.15, 0.2) is 18.9 Å². The highest BCUT2D eigenvalue weighted by atomic mass is 79.9. The topological polar surface area (TPSA) is 45.9 Å². The van der Waals surface area contributed by atoms with Gasteiger partial charge < -0.3 is 22.3 Å². The number of carbonyl (C=O) groups excluding carboxylic acids is 1. The minimum absolute atomic E-state index is 0. The largest absolute Gasteiger partial charge is 1.00 e. The van der Waals surface area contributed by atoms with Crippen molar-refractivity contribution >= 4 is 23.3 Å². The van der Waals surface area contributed by atoms with Crippen LogP contribution >= 0.6 is 11.6 Å². The summed E-state index contributed by atoms with van der Waals surface area (Å²) in [5.74, 6) is 0.450. The van der Waals surface area contributed by atoms with Gasteiger partial charge in [0.2, 0.25) is 5.91 Å². The second-order valence-corrected chi connectivity index (χ2v) is 4.71. The lowest BCUT2D eigenvalue weighted by Gasteiger charge is -2.02. The van der Waals surface area contributed by atoms with E-state index < -0.39 is 0 Å². The van der Waals surface area contributed by atoms with E-state index >= 15 is 0 Å². The van der Waals surface area contributed by atoms with E-state index in [1.807, 2.05) is 36.0 Å². The highest BCUT2D eigenvalue weighted by Crippen LogP contribution is 2.09. The SMILES string of the molecule is Cc1cc[n+](CCC(=O)Nc2ccc(Cl)cn2)cc1.[Br-]. The number of nitrogens with one attached hydrogen (secondary N) is 1. The van der Waals surface area contributed by atoms with Crippen molar-refractivity contribution in [3.8, 4) is 0 Å². The number of aromatic nitrogens is 2. The number of carbonyl (C=O) groups is 1. The fraction of sp³-hybridized carbons (Fsp3) is 0.214. The van der Waals surface area contributed by atoms with Crippen molar-refractivity contribution in [2.45, 2.75) is 19.9 Å². The zero-order valence-electron chi connectivity index (χ0n) is 11.0. The van der Waals surface area contributed by atoms with Gasteiger partial charge in [0.25, 0.3) is 0 Å². The number of hydrogen-bond acceptors (Lipinski definition) is 2. The summed E-state index contributed by atoms with van der Waals surface area (Å²) >= 11 is 5.72. The Morgan fingerprint density at radius 2 is 2.00 bits per heavy atom. The van der Waals surface area contributed by atoms with Gasteiger partial charge in [0, 0.05) is 18.3 Å². The minimum Gasteiger partial charge on any atom is -1.00 e. The van der Waals surface area contributed by atoms with Crippen molar-refractivity contribution in [2.75, 3.05) is 5.32 Å². The average Bonchev–Trinajstić information content (AvgIpc) is 2.41. The summed E-state index contributed by atoms with van der Waals surface area (Å²) in [7, 11) is 0. The molecule has 0 aliphatic rings. The first-order valence-electron chi connectivity index (χ1n) is 6.00. The van der Waals surface area contributed by atoms with Crippen LogP contribution in [0.5, 0.6) is 0 Å². The maximum absolute atomic E-state index is 11.7. The lowest BCUT2D eigenvalue weighted by Crippen LogP contribution is -3.00. The molecule has 2 aromatic rings. The Morgan fingerprint density at radius 1 is 1.30 bits per heavy atom. The second-order valence-electron chi connectivity index (χ2n) is 4.27. The normalized spacial score (nSPS) is 9.70. The van der Waals surface area contributed by atoms with Gasteiger partial charge in [-0.3, -0.25) is 4.79 Å². The number of hydrogen-bond donors (Lipinski definition) is 1. The maximum Gasteiger partial charge on any atom is 0.231 e. The van der Waals surface area contributed by atoms with E-state index in [2.05, 4.69) is 10.3 Å². The van der Waals surface area contributed by atoms with Crippen LogP contribution in [0.2, 0.25) is 5.02 Å². The molecule has 106 valence electrons. The zero-order chi connectivity index (χ0) is 13.7. The van der Waals surface area contributed by atoms with Crippen LogP contribution in [0.3, 0.4) is 0 Å². The third kappa shape index (κ3) is 5.27. The van der Waals surface area contributed by atoms with Gasteiger partial charge in [-0.05, 0) is 24.6 Å². The van der Waals surface area contributed by atoms with Gasteiger partial charge >= 0.3 is 0 Å². The molecule has 0 unspecified atom stereocenters. The lowest BCUT2D eigenvalue weighted by atomic mass is 10.3. The van der Waals surface area contributed by atoms with Crippen LogP contribution < -0.4 is 26.9 Å². The number of rotatable bonds is 4. The summed E-state index contributed by atoms with van der Waals surface area (Å²) in [6.07, 6.45) is 5.83. The fourth-order valence-electron chi connectivity index (χ4n) is 1.57. The Balaban J connectivity index is 0.00000200. The number of halogens is 2.